The van der Waals surface area contributed by atoms with Gasteiger partial charge < -0.3 is 25.0 Å². The Bertz CT molecular complexity index is 1430. The molecular formula is C30H29N5O4. The summed E-state index contributed by atoms with van der Waals surface area (Å²) in [4.78, 5) is 33.4. The first-order valence-corrected chi connectivity index (χ1v) is 12.9. The lowest BCUT2D eigenvalue weighted by Crippen LogP contribution is -2.54. The van der Waals surface area contributed by atoms with Crippen molar-refractivity contribution in [3.63, 3.8) is 0 Å². The third-order valence-corrected chi connectivity index (χ3v) is 6.71. The van der Waals surface area contributed by atoms with E-state index in [1.165, 1.54) is 0 Å². The summed E-state index contributed by atoms with van der Waals surface area (Å²) in [5.41, 5.74) is 5.98. The van der Waals surface area contributed by atoms with Crippen LogP contribution < -0.4 is 20.1 Å². The van der Waals surface area contributed by atoms with E-state index in [4.69, 9.17) is 15.2 Å². The maximum atomic E-state index is 12.9. The number of anilines is 1. The van der Waals surface area contributed by atoms with E-state index in [9.17, 15) is 14.9 Å². The number of benzene rings is 2. The molecule has 1 atom stereocenters. The highest BCUT2D eigenvalue weighted by molar-refractivity contribution is 5.97. The Morgan fingerprint density at radius 1 is 0.974 bits per heavy atom. The summed E-state index contributed by atoms with van der Waals surface area (Å²) in [6.07, 6.45) is 3.87. The molecule has 2 N–H and O–H groups in total. The van der Waals surface area contributed by atoms with Crippen LogP contribution in [0.25, 0.3) is 0 Å². The fraction of sp³-hybridized carbons (Fsp3) is 0.267. The third-order valence-electron chi connectivity index (χ3n) is 6.71. The molecule has 9 heteroatoms. The Labute approximate surface area is 227 Å². The first-order chi connectivity index (χ1) is 18.9. The second-order valence-electron chi connectivity index (χ2n) is 9.70. The summed E-state index contributed by atoms with van der Waals surface area (Å²) in [6, 6.07) is 21.7. The van der Waals surface area contributed by atoms with Crippen molar-refractivity contribution in [2.45, 2.75) is 25.8 Å². The molecule has 1 saturated carbocycles. The van der Waals surface area contributed by atoms with Gasteiger partial charge in [-0.2, -0.15) is 10.2 Å². The Hall–Kier alpha value is -4.84. The monoisotopic (exact) mass is 523 g/mol. The summed E-state index contributed by atoms with van der Waals surface area (Å²) < 4.78 is 11.8. The van der Waals surface area contributed by atoms with Gasteiger partial charge >= 0.3 is 0 Å². The van der Waals surface area contributed by atoms with Crippen molar-refractivity contribution in [2.24, 2.45) is 11.7 Å². The largest absolute Gasteiger partial charge is 0.457 e. The van der Waals surface area contributed by atoms with E-state index in [1.807, 2.05) is 37.3 Å². The average Bonchev–Trinajstić information content (AvgIpc) is 3.77. The van der Waals surface area contributed by atoms with Gasteiger partial charge in [0.05, 0.1) is 0 Å². The van der Waals surface area contributed by atoms with Crippen molar-refractivity contribution in [3.05, 3.63) is 83.9 Å². The molecule has 2 heterocycles. The molecule has 0 spiro atoms. The minimum Gasteiger partial charge on any atom is -0.457 e. The first-order valence-electron chi connectivity index (χ1n) is 12.9. The van der Waals surface area contributed by atoms with Crippen LogP contribution >= 0.6 is 0 Å². The van der Waals surface area contributed by atoms with Gasteiger partial charge in [0.25, 0.3) is 11.8 Å². The average molecular weight is 524 g/mol. The number of nitrogens with zero attached hydrogens (tertiary/aromatic N) is 4. The van der Waals surface area contributed by atoms with Crippen LogP contribution in [-0.4, -0.2) is 47.4 Å². The number of ether oxygens (including phenoxy) is 2. The summed E-state index contributed by atoms with van der Waals surface area (Å²) in [7, 11) is 0. The number of carbonyl (C=O) groups is 2. The molecule has 9 nitrogen and oxygen atoms in total. The van der Waals surface area contributed by atoms with Crippen molar-refractivity contribution in [1.29, 1.82) is 5.26 Å². The van der Waals surface area contributed by atoms with Crippen LogP contribution in [0.4, 0.5) is 5.82 Å². The Morgan fingerprint density at radius 2 is 1.64 bits per heavy atom. The van der Waals surface area contributed by atoms with Crippen molar-refractivity contribution in [3.8, 4) is 29.2 Å². The van der Waals surface area contributed by atoms with Gasteiger partial charge in [0.2, 0.25) is 5.88 Å². The zero-order valence-corrected chi connectivity index (χ0v) is 21.6. The predicted molar refractivity (Wildman–Crippen MR) is 146 cm³/mol. The zero-order valence-electron chi connectivity index (χ0n) is 21.6. The molecule has 0 unspecified atom stereocenters. The molecule has 2 amide bonds. The number of amides is 2. The molecule has 1 aromatic heterocycles. The maximum absolute atomic E-state index is 12.9. The molecule has 5 rings (SSSR count). The fourth-order valence-corrected chi connectivity index (χ4v) is 4.48. The van der Waals surface area contributed by atoms with Gasteiger partial charge in [-0.15, -0.1) is 0 Å². The number of aromatic nitrogens is 1. The molecule has 1 aliphatic carbocycles. The SMILES string of the molecule is C[C@H]1CN(C(=O)/C(C#N)=C/C2CC2)CCN1c1ccc(C(N)=O)c(Oc2ccc(Oc3ccccc3)cc2)n1. The minimum atomic E-state index is -0.650. The van der Waals surface area contributed by atoms with Crippen LogP contribution in [0.5, 0.6) is 23.1 Å². The number of allylic oxidation sites excluding steroid dienone is 1. The van der Waals surface area contributed by atoms with Crippen LogP contribution in [0, 0.1) is 17.2 Å². The molecule has 0 bridgehead atoms. The number of pyridine rings is 1. The molecular weight excluding hydrogens is 494 g/mol. The number of primary amides is 1. The highest BCUT2D eigenvalue weighted by Gasteiger charge is 2.31. The van der Waals surface area contributed by atoms with Crippen molar-refractivity contribution in [1.82, 2.24) is 9.88 Å². The second kappa shape index (κ2) is 11.3. The van der Waals surface area contributed by atoms with E-state index in [2.05, 4.69) is 16.0 Å². The van der Waals surface area contributed by atoms with Crippen molar-refractivity contribution < 1.29 is 19.1 Å². The number of carbonyl (C=O) groups excluding carboxylic acids is 2. The molecule has 1 aliphatic heterocycles. The normalized spacial score (nSPS) is 17.3. The van der Waals surface area contributed by atoms with Crippen LogP contribution in [0.15, 0.2) is 78.4 Å². The summed E-state index contributed by atoms with van der Waals surface area (Å²) >= 11 is 0. The highest BCUT2D eigenvalue weighted by atomic mass is 16.5. The summed E-state index contributed by atoms with van der Waals surface area (Å²) in [5, 5.41) is 9.46. The van der Waals surface area contributed by atoms with E-state index < -0.39 is 5.91 Å². The number of nitriles is 1. The van der Waals surface area contributed by atoms with Gasteiger partial charge in [-0.05, 0) is 74.2 Å². The van der Waals surface area contributed by atoms with Crippen LogP contribution in [0.2, 0.25) is 0 Å². The molecule has 39 heavy (non-hydrogen) atoms. The summed E-state index contributed by atoms with van der Waals surface area (Å²) in [6.45, 7) is 3.40. The van der Waals surface area contributed by atoms with Gasteiger partial charge in [-0.3, -0.25) is 9.59 Å². The number of hydrogen-bond acceptors (Lipinski definition) is 7. The van der Waals surface area contributed by atoms with Crippen LogP contribution in [0.3, 0.4) is 0 Å². The zero-order chi connectivity index (χ0) is 27.4. The van der Waals surface area contributed by atoms with Gasteiger partial charge in [0, 0.05) is 25.7 Å². The molecule has 0 radical (unpaired) electrons. The predicted octanol–water partition coefficient (Wildman–Crippen LogP) is 4.66. The van der Waals surface area contributed by atoms with Gasteiger partial charge in [0.1, 0.15) is 40.3 Å². The number of nitrogens with two attached hydrogens (primary N) is 1. The van der Waals surface area contributed by atoms with E-state index in [1.54, 1.807) is 47.4 Å². The molecule has 2 aliphatic rings. The number of para-hydroxylation sites is 1. The minimum absolute atomic E-state index is 0.0715. The standard InChI is InChI=1S/C30H29N5O4/c1-20-19-34(30(37)22(18-31)17-21-7-8-21)15-16-35(20)27-14-13-26(28(32)36)29(33-27)39-25-11-9-24(10-12-25)38-23-5-3-2-4-6-23/h2-6,9-14,17,20-21H,7-8,15-16,19H2,1H3,(H2,32,36)/b22-17+/t20-/m0/s1. The molecule has 1 saturated heterocycles. The van der Waals surface area contributed by atoms with Crippen LogP contribution in [0.1, 0.15) is 30.1 Å². The Morgan fingerprint density at radius 3 is 2.26 bits per heavy atom. The highest BCUT2D eigenvalue weighted by Crippen LogP contribution is 2.32. The van der Waals surface area contributed by atoms with Gasteiger partial charge in [0.15, 0.2) is 0 Å². The van der Waals surface area contributed by atoms with Crippen molar-refractivity contribution >= 4 is 17.6 Å². The Balaban J connectivity index is 1.29. The molecule has 198 valence electrons. The molecule has 2 fully saturated rings. The quantitative estimate of drug-likeness (QED) is 0.337. The third kappa shape index (κ3) is 6.18. The summed E-state index contributed by atoms with van der Waals surface area (Å²) in [5.74, 6) is 2.00. The lowest BCUT2D eigenvalue weighted by atomic mass is 10.1. The Kier molecular flexibility index (Phi) is 7.46. The number of rotatable bonds is 8. The van der Waals surface area contributed by atoms with Crippen LogP contribution in [-0.2, 0) is 4.79 Å². The van der Waals surface area contributed by atoms with E-state index in [0.717, 1.165) is 18.6 Å². The number of hydrogen-bond donors (Lipinski definition) is 1. The molecule has 3 aromatic rings. The first kappa shape index (κ1) is 25.8. The smallest absolute Gasteiger partial charge is 0.264 e. The van der Waals surface area contributed by atoms with Gasteiger partial charge in [-0.25, -0.2) is 0 Å². The fourth-order valence-electron chi connectivity index (χ4n) is 4.48. The topological polar surface area (TPSA) is 122 Å². The van der Waals surface area contributed by atoms with Gasteiger partial charge in [-0.1, -0.05) is 24.3 Å². The van der Waals surface area contributed by atoms with Crippen molar-refractivity contribution in [2.75, 3.05) is 24.5 Å². The molecule has 2 aromatic carbocycles. The van der Waals surface area contributed by atoms with E-state index in [-0.39, 0.29) is 29.0 Å². The number of piperazine rings is 1. The van der Waals surface area contributed by atoms with E-state index in [0.29, 0.717) is 42.9 Å². The maximum Gasteiger partial charge on any atom is 0.264 e. The second-order valence-corrected chi connectivity index (χ2v) is 9.70. The lowest BCUT2D eigenvalue weighted by Gasteiger charge is -2.40. The van der Waals surface area contributed by atoms with E-state index >= 15 is 0 Å². The lowest BCUT2D eigenvalue weighted by molar-refractivity contribution is -0.127.